The molecule has 3 unspecified atom stereocenters. The summed E-state index contributed by atoms with van der Waals surface area (Å²) in [4.78, 5) is 15.9. The van der Waals surface area contributed by atoms with Crippen LogP contribution >= 0.6 is 0 Å². The van der Waals surface area contributed by atoms with Gasteiger partial charge in [-0.2, -0.15) is 5.10 Å². The van der Waals surface area contributed by atoms with Crippen molar-refractivity contribution < 1.29 is 4.79 Å². The third-order valence-electron chi connectivity index (χ3n) is 5.21. The molecule has 1 heterocycles. The van der Waals surface area contributed by atoms with Crippen molar-refractivity contribution >= 4 is 11.6 Å². The molecule has 0 aliphatic heterocycles. The monoisotopic (exact) mass is 271 g/mol. The number of nitrogens with zero attached hydrogens (tertiary/aromatic N) is 2. The number of hydrogen-bond acceptors (Lipinski definition) is 3. The fourth-order valence-electron chi connectivity index (χ4n) is 3.66. The van der Waals surface area contributed by atoms with E-state index in [9.17, 15) is 4.79 Å². The van der Waals surface area contributed by atoms with Crippen molar-refractivity contribution in [2.45, 2.75) is 33.6 Å². The van der Waals surface area contributed by atoms with Crippen LogP contribution in [0.1, 0.15) is 44.0 Å². The average molecular weight is 271 g/mol. The summed E-state index contributed by atoms with van der Waals surface area (Å²) >= 11 is 0. The van der Waals surface area contributed by atoms with Gasteiger partial charge < -0.3 is 0 Å². The fraction of sp³-hybridized carbons (Fsp3) is 0.562. The Morgan fingerprint density at radius 3 is 2.75 bits per heavy atom. The highest BCUT2D eigenvalue weighted by Gasteiger charge is 2.63. The van der Waals surface area contributed by atoms with E-state index in [0.29, 0.717) is 22.8 Å². The van der Waals surface area contributed by atoms with Crippen molar-refractivity contribution in [1.29, 1.82) is 0 Å². The van der Waals surface area contributed by atoms with Crippen LogP contribution in [0.2, 0.25) is 0 Å². The lowest BCUT2D eigenvalue weighted by molar-refractivity contribution is 0.0954. The van der Waals surface area contributed by atoms with Gasteiger partial charge in [0, 0.05) is 23.7 Å². The molecule has 3 atom stereocenters. The molecule has 1 aromatic rings. The fourth-order valence-corrected chi connectivity index (χ4v) is 3.66. The zero-order valence-corrected chi connectivity index (χ0v) is 12.3. The van der Waals surface area contributed by atoms with Crippen LogP contribution in [0.3, 0.4) is 0 Å². The maximum Gasteiger partial charge on any atom is 0.271 e. The van der Waals surface area contributed by atoms with Gasteiger partial charge in [-0.15, -0.1) is 0 Å². The van der Waals surface area contributed by atoms with E-state index in [1.807, 2.05) is 0 Å². The number of aromatic nitrogens is 1. The zero-order valence-electron chi connectivity index (χ0n) is 12.3. The molecule has 2 aliphatic rings. The third-order valence-corrected chi connectivity index (χ3v) is 5.21. The van der Waals surface area contributed by atoms with E-state index in [-0.39, 0.29) is 5.91 Å². The maximum absolute atomic E-state index is 12.0. The number of hydrogen-bond donors (Lipinski definition) is 1. The number of nitrogens with one attached hydrogen (secondary N) is 1. The number of rotatable bonds is 3. The number of amides is 1. The Labute approximate surface area is 119 Å². The summed E-state index contributed by atoms with van der Waals surface area (Å²) in [5, 5.41) is 4.39. The van der Waals surface area contributed by atoms with Crippen molar-refractivity contribution in [3.63, 3.8) is 0 Å². The molecule has 2 aliphatic carbocycles. The van der Waals surface area contributed by atoms with Crippen LogP contribution in [0.5, 0.6) is 0 Å². The maximum atomic E-state index is 12.0. The molecule has 4 nitrogen and oxygen atoms in total. The third kappa shape index (κ3) is 2.03. The van der Waals surface area contributed by atoms with Gasteiger partial charge in [0.25, 0.3) is 5.91 Å². The van der Waals surface area contributed by atoms with Crippen LogP contribution in [-0.2, 0) is 0 Å². The van der Waals surface area contributed by atoms with Gasteiger partial charge in [0.15, 0.2) is 0 Å². The number of carbonyl (C=O) groups is 1. The number of pyridine rings is 1. The SMILES string of the molecule is CC1/C(=N/NC(=O)c2ccncc2)CC2(C(C)C)CC12. The van der Waals surface area contributed by atoms with Crippen LogP contribution < -0.4 is 5.43 Å². The first-order valence-corrected chi connectivity index (χ1v) is 7.31. The molecular weight excluding hydrogens is 250 g/mol. The van der Waals surface area contributed by atoms with Crippen molar-refractivity contribution in [2.75, 3.05) is 0 Å². The summed E-state index contributed by atoms with van der Waals surface area (Å²) in [5.74, 6) is 1.79. The summed E-state index contributed by atoms with van der Waals surface area (Å²) in [6, 6.07) is 3.39. The molecule has 106 valence electrons. The predicted molar refractivity (Wildman–Crippen MR) is 78.3 cm³/mol. The minimum absolute atomic E-state index is 0.161. The van der Waals surface area contributed by atoms with E-state index in [2.05, 4.69) is 36.3 Å². The zero-order chi connectivity index (χ0) is 14.3. The van der Waals surface area contributed by atoms with Crippen LogP contribution in [0.25, 0.3) is 0 Å². The first-order valence-electron chi connectivity index (χ1n) is 7.31. The van der Waals surface area contributed by atoms with E-state index in [1.165, 1.54) is 6.42 Å². The normalized spacial score (nSPS) is 33.3. The molecule has 20 heavy (non-hydrogen) atoms. The molecule has 0 radical (unpaired) electrons. The molecule has 1 amide bonds. The highest BCUT2D eigenvalue weighted by Crippen LogP contribution is 2.68. The largest absolute Gasteiger partial charge is 0.271 e. The van der Waals surface area contributed by atoms with E-state index < -0.39 is 0 Å². The molecule has 3 rings (SSSR count). The lowest BCUT2D eigenvalue weighted by Crippen LogP contribution is -2.22. The molecule has 0 spiro atoms. The lowest BCUT2D eigenvalue weighted by Gasteiger charge is -2.16. The topological polar surface area (TPSA) is 54.4 Å². The minimum Gasteiger partial charge on any atom is -0.267 e. The van der Waals surface area contributed by atoms with E-state index in [1.54, 1.807) is 24.5 Å². The molecule has 0 aromatic carbocycles. The highest BCUT2D eigenvalue weighted by atomic mass is 16.2. The molecule has 2 fully saturated rings. The molecular formula is C16H21N3O. The number of hydrazone groups is 1. The molecule has 0 bridgehead atoms. The molecule has 1 N–H and O–H groups in total. The Bertz CT molecular complexity index is 552. The minimum atomic E-state index is -0.161. The van der Waals surface area contributed by atoms with Crippen LogP contribution in [0, 0.1) is 23.2 Å². The Morgan fingerprint density at radius 1 is 1.45 bits per heavy atom. The predicted octanol–water partition coefficient (Wildman–Crippen LogP) is 2.87. The van der Waals surface area contributed by atoms with Crippen LogP contribution in [-0.4, -0.2) is 16.6 Å². The van der Waals surface area contributed by atoms with Crippen LogP contribution in [0.15, 0.2) is 29.6 Å². The van der Waals surface area contributed by atoms with Gasteiger partial charge in [-0.3, -0.25) is 9.78 Å². The van der Waals surface area contributed by atoms with Gasteiger partial charge >= 0.3 is 0 Å². The smallest absolute Gasteiger partial charge is 0.267 e. The highest BCUT2D eigenvalue weighted by molar-refractivity contribution is 5.96. The van der Waals surface area contributed by atoms with E-state index in [0.717, 1.165) is 18.1 Å². The summed E-state index contributed by atoms with van der Waals surface area (Å²) in [6.07, 6.45) is 5.59. The van der Waals surface area contributed by atoms with Gasteiger partial charge in [-0.1, -0.05) is 20.8 Å². The molecule has 1 aromatic heterocycles. The molecule has 4 heteroatoms. The first-order chi connectivity index (χ1) is 9.54. The molecule has 2 saturated carbocycles. The second-order valence-electron chi connectivity index (χ2n) is 6.44. The average Bonchev–Trinajstić information content (AvgIpc) is 3.13. The van der Waals surface area contributed by atoms with Crippen LogP contribution in [0.4, 0.5) is 0 Å². The van der Waals surface area contributed by atoms with Gasteiger partial charge in [0.1, 0.15) is 0 Å². The van der Waals surface area contributed by atoms with Crippen molar-refractivity contribution in [2.24, 2.45) is 28.3 Å². The first kappa shape index (κ1) is 13.3. The van der Waals surface area contributed by atoms with Crippen molar-refractivity contribution in [1.82, 2.24) is 10.4 Å². The Balaban J connectivity index is 1.68. The van der Waals surface area contributed by atoms with Crippen molar-refractivity contribution in [3.8, 4) is 0 Å². The number of fused-ring (bicyclic) bond motifs is 1. The Hall–Kier alpha value is -1.71. The van der Waals surface area contributed by atoms with Gasteiger partial charge in [-0.25, -0.2) is 5.43 Å². The quantitative estimate of drug-likeness (QED) is 0.859. The van der Waals surface area contributed by atoms with E-state index >= 15 is 0 Å². The lowest BCUT2D eigenvalue weighted by atomic mass is 9.90. The standard InChI is InChI=1S/C16H21N3O/c1-10(2)16-8-13(16)11(3)14(9-16)18-19-15(20)12-4-6-17-7-5-12/h4-7,10-11,13H,8-9H2,1-3H3,(H,19,20)/b18-14+. The second kappa shape index (κ2) is 4.69. The van der Waals surface area contributed by atoms with E-state index in [4.69, 9.17) is 0 Å². The summed E-state index contributed by atoms with van der Waals surface area (Å²) < 4.78 is 0. The Morgan fingerprint density at radius 2 is 2.15 bits per heavy atom. The van der Waals surface area contributed by atoms with Gasteiger partial charge in [0.05, 0.1) is 0 Å². The second-order valence-corrected chi connectivity index (χ2v) is 6.44. The van der Waals surface area contributed by atoms with Gasteiger partial charge in [-0.05, 0) is 48.1 Å². The summed E-state index contributed by atoms with van der Waals surface area (Å²) in [5.41, 5.74) is 4.89. The Kier molecular flexibility index (Phi) is 3.11. The number of carbonyl (C=O) groups excluding carboxylic acids is 1. The summed E-state index contributed by atoms with van der Waals surface area (Å²) in [7, 11) is 0. The van der Waals surface area contributed by atoms with Gasteiger partial charge in [0.2, 0.25) is 0 Å². The van der Waals surface area contributed by atoms with Crippen molar-refractivity contribution in [3.05, 3.63) is 30.1 Å². The molecule has 0 saturated heterocycles. The summed E-state index contributed by atoms with van der Waals surface area (Å²) in [6.45, 7) is 6.83.